The number of aryl methyl sites for hydroxylation is 1. The number of nitrogens with zero attached hydrogens (tertiary/aromatic N) is 2. The molecule has 0 radical (unpaired) electrons. The van der Waals surface area contributed by atoms with Crippen molar-refractivity contribution >= 4 is 50.2 Å². The summed E-state index contributed by atoms with van der Waals surface area (Å²) in [5, 5.41) is 0.767. The molecule has 0 saturated carbocycles. The Morgan fingerprint density at radius 2 is 1.93 bits per heavy atom. The van der Waals surface area contributed by atoms with Crippen LogP contribution in [0.1, 0.15) is 33.3 Å². The maximum atomic E-state index is 13.5. The summed E-state index contributed by atoms with van der Waals surface area (Å²) in [7, 11) is 0. The monoisotopic (exact) mass is 480 g/mol. The minimum atomic E-state index is -0.668. The minimum Gasteiger partial charge on any atom is -0.450 e. The molecule has 2 aromatic heterocycles. The molecular weight excluding hydrogens is 468 g/mol. The van der Waals surface area contributed by atoms with Crippen LogP contribution < -0.4 is 10.3 Å². The van der Waals surface area contributed by atoms with E-state index in [1.165, 1.54) is 4.90 Å². The van der Waals surface area contributed by atoms with E-state index in [9.17, 15) is 9.59 Å². The Morgan fingerprint density at radius 3 is 2.70 bits per heavy atom. The van der Waals surface area contributed by atoms with Gasteiger partial charge in [0.1, 0.15) is 11.4 Å². The molecule has 148 valence electrons. The van der Waals surface area contributed by atoms with Crippen LogP contribution in [0.5, 0.6) is 0 Å². The lowest BCUT2D eigenvalue weighted by Gasteiger charge is -2.24. The smallest absolute Gasteiger partial charge is 0.296 e. The van der Waals surface area contributed by atoms with Crippen LogP contribution in [0.25, 0.3) is 11.0 Å². The number of anilines is 1. The van der Waals surface area contributed by atoms with Gasteiger partial charge in [-0.05, 0) is 60.5 Å². The number of fused-ring (bicyclic) bond motifs is 2. The molecule has 0 spiro atoms. The highest BCUT2D eigenvalue weighted by Gasteiger charge is 2.44. The Kier molecular flexibility index (Phi) is 4.49. The van der Waals surface area contributed by atoms with E-state index in [0.717, 1.165) is 15.6 Å². The zero-order chi connectivity index (χ0) is 21.0. The van der Waals surface area contributed by atoms with Gasteiger partial charge in [0.25, 0.3) is 5.91 Å². The van der Waals surface area contributed by atoms with Crippen LogP contribution in [-0.4, -0.2) is 10.9 Å². The van der Waals surface area contributed by atoms with Crippen molar-refractivity contribution in [2.24, 2.45) is 0 Å². The number of pyridine rings is 1. The van der Waals surface area contributed by atoms with Crippen LogP contribution in [0.2, 0.25) is 5.02 Å². The average Bonchev–Trinajstić information content (AvgIpc) is 3.01. The topological polar surface area (TPSA) is 63.4 Å². The van der Waals surface area contributed by atoms with Gasteiger partial charge in [-0.1, -0.05) is 39.7 Å². The van der Waals surface area contributed by atoms with Gasteiger partial charge in [-0.2, -0.15) is 0 Å². The Labute approximate surface area is 185 Å². The summed E-state index contributed by atoms with van der Waals surface area (Å²) in [6, 6.07) is 15.3. The SMILES string of the molecule is Cc1ccnc(N2C(=O)c3oc4ccc(Cl)cc4c(=O)c3[C@@H]2c2cccc(Br)c2)c1. The first-order valence-corrected chi connectivity index (χ1v) is 10.4. The lowest BCUT2D eigenvalue weighted by molar-refractivity contribution is 0.0970. The standard InChI is InChI=1S/C23H14BrClN2O3/c1-12-7-8-26-18(9-12)27-20(13-3-2-4-14(24)10-13)19-21(28)16-11-15(25)5-6-17(16)30-22(19)23(27)29/h2-11,20H,1H3/t20-/m0/s1. The van der Waals surface area contributed by atoms with Crippen LogP contribution in [0, 0.1) is 6.92 Å². The molecule has 0 bridgehead atoms. The van der Waals surface area contributed by atoms with Gasteiger partial charge >= 0.3 is 0 Å². The number of benzene rings is 2. The molecule has 0 unspecified atom stereocenters. The average molecular weight is 482 g/mol. The molecule has 5 nitrogen and oxygen atoms in total. The van der Waals surface area contributed by atoms with E-state index in [1.54, 1.807) is 24.4 Å². The third-order valence-electron chi connectivity index (χ3n) is 5.14. The van der Waals surface area contributed by atoms with Gasteiger partial charge in [0.05, 0.1) is 17.0 Å². The van der Waals surface area contributed by atoms with Crippen molar-refractivity contribution in [3.8, 4) is 0 Å². The summed E-state index contributed by atoms with van der Waals surface area (Å²) in [5.41, 5.74) is 2.06. The fourth-order valence-corrected chi connectivity index (χ4v) is 4.41. The summed E-state index contributed by atoms with van der Waals surface area (Å²) in [4.78, 5) is 32.9. The minimum absolute atomic E-state index is 0.0307. The Bertz CT molecular complexity index is 1400. The largest absolute Gasteiger partial charge is 0.450 e. The molecule has 1 atom stereocenters. The quantitative estimate of drug-likeness (QED) is 0.370. The van der Waals surface area contributed by atoms with Crippen LogP contribution in [0.15, 0.2) is 74.5 Å². The van der Waals surface area contributed by atoms with Crippen molar-refractivity contribution in [1.29, 1.82) is 0 Å². The Balaban J connectivity index is 1.84. The van der Waals surface area contributed by atoms with Gasteiger partial charge in [0.15, 0.2) is 5.43 Å². The Morgan fingerprint density at radius 1 is 1.10 bits per heavy atom. The van der Waals surface area contributed by atoms with Crippen LogP contribution in [-0.2, 0) is 0 Å². The van der Waals surface area contributed by atoms with Crippen molar-refractivity contribution in [3.63, 3.8) is 0 Å². The first-order valence-electron chi connectivity index (χ1n) is 9.22. The molecule has 1 amide bonds. The zero-order valence-electron chi connectivity index (χ0n) is 15.7. The molecule has 0 N–H and O–H groups in total. The van der Waals surface area contributed by atoms with Gasteiger partial charge in [0, 0.05) is 15.7 Å². The molecule has 30 heavy (non-hydrogen) atoms. The molecule has 0 aliphatic carbocycles. The summed E-state index contributed by atoms with van der Waals surface area (Å²) in [6.45, 7) is 1.92. The second kappa shape index (κ2) is 7.07. The number of rotatable bonds is 2. The van der Waals surface area contributed by atoms with E-state index >= 15 is 0 Å². The maximum Gasteiger partial charge on any atom is 0.296 e. The van der Waals surface area contributed by atoms with E-state index < -0.39 is 11.9 Å². The predicted octanol–water partition coefficient (Wildman–Crippen LogP) is 5.66. The van der Waals surface area contributed by atoms with Crippen LogP contribution in [0.4, 0.5) is 5.82 Å². The molecule has 0 fully saturated rings. The van der Waals surface area contributed by atoms with Gasteiger partial charge in [-0.25, -0.2) is 4.98 Å². The lowest BCUT2D eigenvalue weighted by atomic mass is 9.98. The first-order chi connectivity index (χ1) is 14.4. The molecule has 1 aliphatic rings. The van der Waals surface area contributed by atoms with Gasteiger partial charge in [-0.15, -0.1) is 0 Å². The van der Waals surface area contributed by atoms with Gasteiger partial charge < -0.3 is 4.42 Å². The molecule has 4 aromatic rings. The van der Waals surface area contributed by atoms with Crippen molar-refractivity contribution in [2.75, 3.05) is 4.90 Å². The second-order valence-corrected chi connectivity index (χ2v) is 8.49. The molecule has 5 rings (SSSR count). The number of carbonyl (C=O) groups is 1. The number of hydrogen-bond acceptors (Lipinski definition) is 4. The molecule has 3 heterocycles. The molecular formula is C23H14BrClN2O3. The number of hydrogen-bond donors (Lipinski definition) is 0. The summed E-state index contributed by atoms with van der Waals surface area (Å²) >= 11 is 9.59. The van der Waals surface area contributed by atoms with Crippen molar-refractivity contribution in [1.82, 2.24) is 4.98 Å². The summed E-state index contributed by atoms with van der Waals surface area (Å²) in [5.74, 6) is 0.0861. The molecule has 0 saturated heterocycles. The highest BCUT2D eigenvalue weighted by atomic mass is 79.9. The van der Waals surface area contributed by atoms with Gasteiger partial charge in [0.2, 0.25) is 5.76 Å². The first kappa shape index (κ1) is 19.0. The second-order valence-electron chi connectivity index (χ2n) is 7.14. The van der Waals surface area contributed by atoms with E-state index in [0.29, 0.717) is 21.8 Å². The maximum absolute atomic E-state index is 13.5. The number of carbonyl (C=O) groups excluding carboxylic acids is 1. The fraction of sp³-hybridized carbons (Fsp3) is 0.0870. The normalized spacial score (nSPS) is 15.6. The van der Waals surface area contributed by atoms with E-state index in [-0.39, 0.29) is 16.8 Å². The number of amides is 1. The van der Waals surface area contributed by atoms with Crippen LogP contribution in [0.3, 0.4) is 0 Å². The highest BCUT2D eigenvalue weighted by Crippen LogP contribution is 2.41. The molecule has 1 aliphatic heterocycles. The van der Waals surface area contributed by atoms with Crippen molar-refractivity contribution < 1.29 is 9.21 Å². The van der Waals surface area contributed by atoms with Crippen molar-refractivity contribution in [2.45, 2.75) is 13.0 Å². The number of halogens is 2. The van der Waals surface area contributed by atoms with Crippen molar-refractivity contribution in [3.05, 3.63) is 103 Å². The fourth-order valence-electron chi connectivity index (χ4n) is 3.83. The third-order valence-corrected chi connectivity index (χ3v) is 5.87. The molecule has 2 aromatic carbocycles. The predicted molar refractivity (Wildman–Crippen MR) is 119 cm³/mol. The zero-order valence-corrected chi connectivity index (χ0v) is 18.1. The van der Waals surface area contributed by atoms with E-state index in [1.807, 2.05) is 43.3 Å². The van der Waals surface area contributed by atoms with Crippen LogP contribution >= 0.6 is 27.5 Å². The lowest BCUT2D eigenvalue weighted by Crippen LogP contribution is -2.30. The summed E-state index contributed by atoms with van der Waals surface area (Å²) < 4.78 is 6.77. The van der Waals surface area contributed by atoms with E-state index in [2.05, 4.69) is 20.9 Å². The van der Waals surface area contributed by atoms with E-state index in [4.69, 9.17) is 16.0 Å². The third kappa shape index (κ3) is 2.95. The Hall–Kier alpha value is -2.96. The van der Waals surface area contributed by atoms with Gasteiger partial charge in [-0.3, -0.25) is 14.5 Å². The summed E-state index contributed by atoms with van der Waals surface area (Å²) in [6.07, 6.45) is 1.64. The highest BCUT2D eigenvalue weighted by molar-refractivity contribution is 9.10. The molecule has 7 heteroatoms. The number of aromatic nitrogens is 1.